The Morgan fingerprint density at radius 1 is 1.30 bits per heavy atom. The molecule has 0 unspecified atom stereocenters. The Bertz CT molecular complexity index is 737. The van der Waals surface area contributed by atoms with Gasteiger partial charge in [0.15, 0.2) is 0 Å². The van der Waals surface area contributed by atoms with Gasteiger partial charge in [0, 0.05) is 16.9 Å². The van der Waals surface area contributed by atoms with Crippen molar-refractivity contribution in [3.05, 3.63) is 46.6 Å². The van der Waals surface area contributed by atoms with E-state index in [4.69, 9.17) is 17.3 Å². The molecule has 20 heavy (non-hydrogen) atoms. The van der Waals surface area contributed by atoms with Crippen LogP contribution in [-0.2, 0) is 10.0 Å². The highest BCUT2D eigenvalue weighted by atomic mass is 35.5. The Labute approximate surface area is 122 Å². The molecule has 0 spiro atoms. The minimum Gasteiger partial charge on any atom is -0.398 e. The zero-order valence-corrected chi connectivity index (χ0v) is 12.6. The van der Waals surface area contributed by atoms with E-state index in [-0.39, 0.29) is 10.7 Å². The van der Waals surface area contributed by atoms with Crippen LogP contribution in [0.25, 0.3) is 0 Å². The standard InChI is InChI=1S/C13H14ClN3O2S/c1-8-4-3-5-16-13(8)17-20(18,19)10-6-11(14)9(2)12(15)7-10/h3-7H,15H2,1-2H3,(H,16,17). The van der Waals surface area contributed by atoms with Gasteiger partial charge in [-0.05, 0) is 43.2 Å². The summed E-state index contributed by atoms with van der Waals surface area (Å²) in [6.07, 6.45) is 1.52. The number of aromatic nitrogens is 1. The van der Waals surface area contributed by atoms with E-state index < -0.39 is 10.0 Å². The van der Waals surface area contributed by atoms with Gasteiger partial charge >= 0.3 is 0 Å². The SMILES string of the molecule is Cc1cccnc1NS(=O)(=O)c1cc(N)c(C)c(Cl)c1. The molecule has 7 heteroatoms. The lowest BCUT2D eigenvalue weighted by atomic mass is 10.2. The van der Waals surface area contributed by atoms with E-state index in [1.807, 2.05) is 0 Å². The van der Waals surface area contributed by atoms with Crippen LogP contribution < -0.4 is 10.5 Å². The first-order valence-corrected chi connectivity index (χ1v) is 7.67. The fourth-order valence-electron chi connectivity index (χ4n) is 1.61. The third kappa shape index (κ3) is 2.86. The number of aryl methyl sites for hydroxylation is 1. The summed E-state index contributed by atoms with van der Waals surface area (Å²) in [5, 5.41) is 0.308. The predicted octanol–water partition coefficient (Wildman–Crippen LogP) is 2.73. The van der Waals surface area contributed by atoms with Crippen LogP contribution in [-0.4, -0.2) is 13.4 Å². The van der Waals surface area contributed by atoms with Crippen molar-refractivity contribution in [2.45, 2.75) is 18.7 Å². The molecule has 0 atom stereocenters. The highest BCUT2D eigenvalue weighted by Gasteiger charge is 2.18. The van der Waals surface area contributed by atoms with Gasteiger partial charge in [0.05, 0.1) is 4.90 Å². The van der Waals surface area contributed by atoms with Crippen LogP contribution in [0.3, 0.4) is 0 Å². The number of nitrogens with zero attached hydrogens (tertiary/aromatic N) is 1. The molecule has 0 saturated carbocycles. The molecule has 0 aliphatic rings. The van der Waals surface area contributed by atoms with Crippen LogP contribution >= 0.6 is 11.6 Å². The maximum absolute atomic E-state index is 12.3. The van der Waals surface area contributed by atoms with Crippen LogP contribution in [0, 0.1) is 13.8 Å². The number of benzene rings is 1. The third-order valence-corrected chi connectivity index (χ3v) is 4.62. The van der Waals surface area contributed by atoms with E-state index in [9.17, 15) is 8.42 Å². The second-order valence-corrected chi connectivity index (χ2v) is 6.48. The second kappa shape index (κ2) is 5.30. The summed E-state index contributed by atoms with van der Waals surface area (Å²) in [7, 11) is -3.77. The Morgan fingerprint density at radius 2 is 2.00 bits per heavy atom. The predicted molar refractivity (Wildman–Crippen MR) is 80.4 cm³/mol. The van der Waals surface area contributed by atoms with Crippen LogP contribution in [0.2, 0.25) is 5.02 Å². The Balaban J connectivity index is 2.44. The minimum atomic E-state index is -3.77. The molecule has 0 bridgehead atoms. The number of hydrogen-bond acceptors (Lipinski definition) is 4. The first kappa shape index (κ1) is 14.6. The Morgan fingerprint density at radius 3 is 2.60 bits per heavy atom. The number of nitrogen functional groups attached to an aromatic ring is 1. The van der Waals surface area contributed by atoms with E-state index in [2.05, 4.69) is 9.71 Å². The number of nitrogens with two attached hydrogens (primary N) is 1. The number of nitrogens with one attached hydrogen (secondary N) is 1. The molecule has 106 valence electrons. The molecule has 0 aliphatic heterocycles. The molecule has 2 aromatic rings. The number of halogens is 1. The molecular weight excluding hydrogens is 298 g/mol. The largest absolute Gasteiger partial charge is 0.398 e. The number of rotatable bonds is 3. The van der Waals surface area contributed by atoms with Gasteiger partial charge in [-0.1, -0.05) is 17.7 Å². The van der Waals surface area contributed by atoms with E-state index in [1.54, 1.807) is 26.0 Å². The zero-order valence-electron chi connectivity index (χ0n) is 11.0. The van der Waals surface area contributed by atoms with Crippen molar-refractivity contribution in [3.8, 4) is 0 Å². The Kier molecular flexibility index (Phi) is 3.87. The van der Waals surface area contributed by atoms with Crippen LogP contribution in [0.15, 0.2) is 35.4 Å². The molecule has 1 heterocycles. The molecular formula is C13H14ClN3O2S. The monoisotopic (exact) mass is 311 g/mol. The lowest BCUT2D eigenvalue weighted by molar-refractivity contribution is 0.601. The number of hydrogen-bond donors (Lipinski definition) is 2. The number of pyridine rings is 1. The first-order valence-electron chi connectivity index (χ1n) is 5.81. The topological polar surface area (TPSA) is 85.1 Å². The van der Waals surface area contributed by atoms with Gasteiger partial charge in [-0.15, -0.1) is 0 Å². The normalized spacial score (nSPS) is 11.3. The van der Waals surface area contributed by atoms with Gasteiger partial charge in [0.1, 0.15) is 5.82 Å². The molecule has 1 aromatic carbocycles. The van der Waals surface area contributed by atoms with Gasteiger partial charge in [0.25, 0.3) is 10.0 Å². The molecule has 0 radical (unpaired) electrons. The van der Waals surface area contributed by atoms with Crippen molar-refractivity contribution >= 4 is 33.1 Å². The van der Waals surface area contributed by atoms with Gasteiger partial charge in [-0.25, -0.2) is 13.4 Å². The molecule has 5 nitrogen and oxygen atoms in total. The maximum Gasteiger partial charge on any atom is 0.263 e. The first-order chi connectivity index (χ1) is 9.31. The third-order valence-electron chi connectivity index (χ3n) is 2.91. The summed E-state index contributed by atoms with van der Waals surface area (Å²) in [5.74, 6) is 0.280. The molecule has 0 saturated heterocycles. The van der Waals surface area contributed by atoms with Gasteiger partial charge in [-0.2, -0.15) is 0 Å². The maximum atomic E-state index is 12.3. The fourth-order valence-corrected chi connectivity index (χ4v) is 3.04. The average molecular weight is 312 g/mol. The highest BCUT2D eigenvalue weighted by molar-refractivity contribution is 7.92. The quantitative estimate of drug-likeness (QED) is 0.853. The summed E-state index contributed by atoms with van der Waals surface area (Å²) in [6.45, 7) is 3.49. The summed E-state index contributed by atoms with van der Waals surface area (Å²) < 4.78 is 27.0. The van der Waals surface area contributed by atoms with Crippen molar-refractivity contribution in [2.24, 2.45) is 0 Å². The van der Waals surface area contributed by atoms with E-state index in [0.29, 0.717) is 16.3 Å². The summed E-state index contributed by atoms with van der Waals surface area (Å²) in [4.78, 5) is 4.01. The van der Waals surface area contributed by atoms with E-state index in [1.165, 1.54) is 18.3 Å². The van der Waals surface area contributed by atoms with Gasteiger partial charge < -0.3 is 5.73 Å². The van der Waals surface area contributed by atoms with Crippen molar-refractivity contribution in [1.29, 1.82) is 0 Å². The lowest BCUT2D eigenvalue weighted by Gasteiger charge is -2.11. The molecule has 0 fully saturated rings. The Hall–Kier alpha value is -1.79. The highest BCUT2D eigenvalue weighted by Crippen LogP contribution is 2.27. The van der Waals surface area contributed by atoms with E-state index in [0.717, 1.165) is 5.56 Å². The van der Waals surface area contributed by atoms with Crippen molar-refractivity contribution in [2.75, 3.05) is 10.5 Å². The molecule has 0 amide bonds. The van der Waals surface area contributed by atoms with E-state index >= 15 is 0 Å². The summed E-state index contributed by atoms with van der Waals surface area (Å²) >= 11 is 5.97. The van der Waals surface area contributed by atoms with Crippen molar-refractivity contribution < 1.29 is 8.42 Å². The zero-order chi connectivity index (χ0) is 14.9. The number of anilines is 2. The molecule has 3 N–H and O–H groups in total. The average Bonchev–Trinajstić information content (AvgIpc) is 2.38. The summed E-state index contributed by atoms with van der Waals surface area (Å²) in [5.41, 5.74) is 7.46. The number of sulfonamides is 1. The summed E-state index contributed by atoms with van der Waals surface area (Å²) in [6, 6.07) is 6.24. The molecule has 2 rings (SSSR count). The molecule has 0 aliphatic carbocycles. The van der Waals surface area contributed by atoms with Gasteiger partial charge in [-0.3, -0.25) is 4.72 Å². The van der Waals surface area contributed by atoms with Crippen molar-refractivity contribution in [3.63, 3.8) is 0 Å². The fraction of sp³-hybridized carbons (Fsp3) is 0.154. The molecule has 1 aromatic heterocycles. The smallest absolute Gasteiger partial charge is 0.263 e. The van der Waals surface area contributed by atoms with Crippen LogP contribution in [0.4, 0.5) is 11.5 Å². The van der Waals surface area contributed by atoms with Crippen molar-refractivity contribution in [1.82, 2.24) is 4.98 Å². The lowest BCUT2D eigenvalue weighted by Crippen LogP contribution is -2.15. The van der Waals surface area contributed by atoms with Crippen LogP contribution in [0.5, 0.6) is 0 Å². The van der Waals surface area contributed by atoms with Crippen LogP contribution in [0.1, 0.15) is 11.1 Å². The minimum absolute atomic E-state index is 0.00986. The second-order valence-electron chi connectivity index (χ2n) is 4.39. The van der Waals surface area contributed by atoms with Gasteiger partial charge in [0.2, 0.25) is 0 Å².